The molecule has 2 heterocycles. The molecule has 6 nitrogen and oxygen atoms in total. The lowest BCUT2D eigenvalue weighted by molar-refractivity contribution is -0.137. The van der Waals surface area contributed by atoms with Crippen molar-refractivity contribution < 1.29 is 13.2 Å². The highest BCUT2D eigenvalue weighted by Crippen LogP contribution is 2.18. The van der Waals surface area contributed by atoms with Crippen LogP contribution in [0.15, 0.2) is 0 Å². The third kappa shape index (κ3) is 4.43. The van der Waals surface area contributed by atoms with Crippen LogP contribution in [0.2, 0.25) is 0 Å². The Labute approximate surface area is 115 Å². The monoisotopic (exact) mass is 289 g/mol. The summed E-state index contributed by atoms with van der Waals surface area (Å²) < 4.78 is 24.9. The maximum Gasteiger partial charge on any atom is 0.226 e. The largest absolute Gasteiger partial charge is 0.342 e. The standard InChI is InChI=1S/C12H23N3O3S/c1-19(17,18)14-11-4-7-15(8-5-11)12(16)10-3-2-6-13-9-10/h10-11,13-14H,2-9H2,1H3. The molecule has 2 aliphatic rings. The molecule has 1 amide bonds. The molecule has 0 spiro atoms. The van der Waals surface area contributed by atoms with Gasteiger partial charge in [0.2, 0.25) is 15.9 Å². The summed E-state index contributed by atoms with van der Waals surface area (Å²) in [5, 5.41) is 3.26. The predicted molar refractivity (Wildman–Crippen MR) is 73.2 cm³/mol. The first-order chi connectivity index (χ1) is 8.96. The molecule has 2 rings (SSSR count). The fraction of sp³-hybridized carbons (Fsp3) is 0.917. The van der Waals surface area contributed by atoms with Gasteiger partial charge in [-0.15, -0.1) is 0 Å². The molecule has 19 heavy (non-hydrogen) atoms. The van der Waals surface area contributed by atoms with Crippen LogP contribution in [0.5, 0.6) is 0 Å². The maximum atomic E-state index is 12.3. The van der Waals surface area contributed by atoms with Gasteiger partial charge >= 0.3 is 0 Å². The highest BCUT2D eigenvalue weighted by Gasteiger charge is 2.29. The molecule has 2 aliphatic heterocycles. The zero-order valence-electron chi connectivity index (χ0n) is 11.4. The molecule has 0 aromatic rings. The number of carbonyl (C=O) groups excluding carboxylic acids is 1. The van der Waals surface area contributed by atoms with E-state index >= 15 is 0 Å². The molecule has 0 saturated carbocycles. The number of nitrogens with zero attached hydrogens (tertiary/aromatic N) is 1. The molecule has 0 aromatic carbocycles. The third-order valence-corrected chi connectivity index (χ3v) is 4.59. The summed E-state index contributed by atoms with van der Waals surface area (Å²) in [6.07, 6.45) is 4.62. The van der Waals surface area contributed by atoms with Crippen LogP contribution >= 0.6 is 0 Å². The highest BCUT2D eigenvalue weighted by molar-refractivity contribution is 7.88. The van der Waals surface area contributed by atoms with E-state index in [-0.39, 0.29) is 17.9 Å². The van der Waals surface area contributed by atoms with Gasteiger partial charge in [-0.3, -0.25) is 4.79 Å². The molecule has 0 aromatic heterocycles. The second-order valence-corrected chi connectivity index (χ2v) is 7.31. The summed E-state index contributed by atoms with van der Waals surface area (Å²) in [4.78, 5) is 14.2. The van der Waals surface area contributed by atoms with Crippen LogP contribution in [0.3, 0.4) is 0 Å². The van der Waals surface area contributed by atoms with Crippen LogP contribution in [0.4, 0.5) is 0 Å². The molecular weight excluding hydrogens is 266 g/mol. The second-order valence-electron chi connectivity index (χ2n) is 5.53. The fourth-order valence-corrected chi connectivity index (χ4v) is 3.68. The first-order valence-electron chi connectivity index (χ1n) is 6.92. The first kappa shape index (κ1) is 14.7. The van der Waals surface area contributed by atoms with E-state index < -0.39 is 10.0 Å². The molecule has 1 atom stereocenters. The average molecular weight is 289 g/mol. The fourth-order valence-electron chi connectivity index (χ4n) is 2.84. The maximum absolute atomic E-state index is 12.3. The Morgan fingerprint density at radius 1 is 1.26 bits per heavy atom. The third-order valence-electron chi connectivity index (χ3n) is 3.83. The van der Waals surface area contributed by atoms with Gasteiger partial charge in [0, 0.05) is 25.7 Å². The van der Waals surface area contributed by atoms with E-state index in [4.69, 9.17) is 0 Å². The van der Waals surface area contributed by atoms with Crippen molar-refractivity contribution in [2.24, 2.45) is 5.92 Å². The Bertz CT molecular complexity index is 410. The lowest BCUT2D eigenvalue weighted by Crippen LogP contribution is -2.49. The lowest BCUT2D eigenvalue weighted by atomic mass is 9.96. The van der Waals surface area contributed by atoms with Crippen molar-refractivity contribution in [1.82, 2.24) is 14.9 Å². The zero-order chi connectivity index (χ0) is 13.9. The van der Waals surface area contributed by atoms with Crippen LogP contribution in [0, 0.1) is 5.92 Å². The summed E-state index contributed by atoms with van der Waals surface area (Å²) in [5.41, 5.74) is 0. The molecular formula is C12H23N3O3S. The van der Waals surface area contributed by atoms with Gasteiger partial charge in [-0.05, 0) is 32.2 Å². The van der Waals surface area contributed by atoms with Gasteiger partial charge < -0.3 is 10.2 Å². The number of likely N-dealkylation sites (tertiary alicyclic amines) is 1. The lowest BCUT2D eigenvalue weighted by Gasteiger charge is -2.35. The van der Waals surface area contributed by atoms with E-state index in [0.717, 1.165) is 25.9 Å². The number of sulfonamides is 1. The predicted octanol–water partition coefficient (Wildman–Crippen LogP) is -0.474. The zero-order valence-corrected chi connectivity index (χ0v) is 12.2. The van der Waals surface area contributed by atoms with E-state index in [1.54, 1.807) is 0 Å². The van der Waals surface area contributed by atoms with Crippen LogP contribution in [0.25, 0.3) is 0 Å². The molecule has 2 saturated heterocycles. The van der Waals surface area contributed by atoms with Crippen molar-refractivity contribution in [2.75, 3.05) is 32.4 Å². The quantitative estimate of drug-likeness (QED) is 0.736. The van der Waals surface area contributed by atoms with E-state index in [9.17, 15) is 13.2 Å². The van der Waals surface area contributed by atoms with Crippen LogP contribution < -0.4 is 10.0 Å². The SMILES string of the molecule is CS(=O)(=O)NC1CCN(C(=O)C2CCCNC2)CC1. The van der Waals surface area contributed by atoms with E-state index in [2.05, 4.69) is 10.0 Å². The van der Waals surface area contributed by atoms with Gasteiger partial charge in [-0.25, -0.2) is 13.1 Å². The second kappa shape index (κ2) is 6.19. The first-order valence-corrected chi connectivity index (χ1v) is 8.81. The number of rotatable bonds is 3. The van der Waals surface area contributed by atoms with Crippen LogP contribution in [-0.2, 0) is 14.8 Å². The topological polar surface area (TPSA) is 78.5 Å². The van der Waals surface area contributed by atoms with Crippen LogP contribution in [0.1, 0.15) is 25.7 Å². The Kier molecular flexibility index (Phi) is 4.81. The van der Waals surface area contributed by atoms with Crippen LogP contribution in [-0.4, -0.2) is 57.7 Å². The summed E-state index contributed by atoms with van der Waals surface area (Å²) in [6.45, 7) is 3.09. The van der Waals surface area contributed by atoms with Crippen molar-refractivity contribution >= 4 is 15.9 Å². The van der Waals surface area contributed by atoms with Gasteiger partial charge in [0.25, 0.3) is 0 Å². The minimum Gasteiger partial charge on any atom is -0.342 e. The molecule has 0 aliphatic carbocycles. The van der Waals surface area contributed by atoms with Gasteiger partial charge in [0.05, 0.1) is 12.2 Å². The molecule has 0 radical (unpaired) electrons. The minimum absolute atomic E-state index is 0.0245. The molecule has 0 bridgehead atoms. The number of nitrogens with one attached hydrogen (secondary N) is 2. The Morgan fingerprint density at radius 2 is 1.95 bits per heavy atom. The number of amides is 1. The number of carbonyl (C=O) groups is 1. The van der Waals surface area contributed by atoms with Crippen molar-refractivity contribution in [3.8, 4) is 0 Å². The van der Waals surface area contributed by atoms with E-state index in [1.807, 2.05) is 4.90 Å². The summed E-state index contributed by atoms with van der Waals surface area (Å²) in [6, 6.07) is -0.0245. The van der Waals surface area contributed by atoms with Gasteiger partial charge in [0.15, 0.2) is 0 Å². The Hall–Kier alpha value is -0.660. The van der Waals surface area contributed by atoms with E-state index in [0.29, 0.717) is 25.9 Å². The number of hydrogen-bond donors (Lipinski definition) is 2. The normalized spacial score (nSPS) is 26.4. The molecule has 7 heteroatoms. The summed E-state index contributed by atoms with van der Waals surface area (Å²) in [5.74, 6) is 0.332. The van der Waals surface area contributed by atoms with Gasteiger partial charge in [-0.2, -0.15) is 0 Å². The molecule has 110 valence electrons. The highest BCUT2D eigenvalue weighted by atomic mass is 32.2. The van der Waals surface area contributed by atoms with Crippen molar-refractivity contribution in [3.63, 3.8) is 0 Å². The Balaban J connectivity index is 1.80. The molecule has 1 unspecified atom stereocenters. The van der Waals surface area contributed by atoms with E-state index in [1.165, 1.54) is 6.26 Å². The minimum atomic E-state index is -3.15. The summed E-state index contributed by atoms with van der Waals surface area (Å²) >= 11 is 0. The number of hydrogen-bond acceptors (Lipinski definition) is 4. The van der Waals surface area contributed by atoms with Gasteiger partial charge in [-0.1, -0.05) is 0 Å². The van der Waals surface area contributed by atoms with Crippen molar-refractivity contribution in [3.05, 3.63) is 0 Å². The molecule has 2 N–H and O–H groups in total. The van der Waals surface area contributed by atoms with Gasteiger partial charge in [0.1, 0.15) is 0 Å². The van der Waals surface area contributed by atoms with Crippen molar-refractivity contribution in [1.29, 1.82) is 0 Å². The average Bonchev–Trinajstić information content (AvgIpc) is 2.38. The summed E-state index contributed by atoms with van der Waals surface area (Å²) in [7, 11) is -3.15. The number of piperidine rings is 2. The smallest absolute Gasteiger partial charge is 0.226 e. The Morgan fingerprint density at radius 3 is 2.47 bits per heavy atom. The molecule has 2 fully saturated rings. The van der Waals surface area contributed by atoms with Crippen molar-refractivity contribution in [2.45, 2.75) is 31.7 Å².